The average Bonchev–Trinajstić information content (AvgIpc) is 3.07. The number of rotatable bonds is 7. The van der Waals surface area contributed by atoms with Crippen LogP contribution in [0.15, 0.2) is 58.7 Å². The molecule has 1 heterocycles. The average molecular weight is 315 g/mol. The molecular weight excluding hydrogens is 294 g/mol. The molecule has 1 aromatic carbocycles. The summed E-state index contributed by atoms with van der Waals surface area (Å²) in [5, 5.41) is 12.5. The van der Waals surface area contributed by atoms with Crippen molar-refractivity contribution in [2.45, 2.75) is 19.4 Å². The second kappa shape index (κ2) is 8.19. The summed E-state index contributed by atoms with van der Waals surface area (Å²) < 4.78 is 10.4. The highest BCUT2D eigenvalue weighted by molar-refractivity contribution is 5.88. The summed E-state index contributed by atoms with van der Waals surface area (Å²) in [4.78, 5) is 11.9. The Morgan fingerprint density at radius 2 is 2.13 bits per heavy atom. The fraction of sp³-hybridized carbons (Fsp3) is 0.278. The number of carbonyl (C=O) groups excluding carboxylic acids is 1. The molecule has 2 aromatic rings. The number of benzene rings is 1. The van der Waals surface area contributed by atoms with E-state index in [9.17, 15) is 9.90 Å². The molecule has 5 nitrogen and oxygen atoms in total. The van der Waals surface area contributed by atoms with Crippen molar-refractivity contribution in [2.24, 2.45) is 0 Å². The molecule has 0 radical (unpaired) electrons. The van der Waals surface area contributed by atoms with Crippen molar-refractivity contribution >= 4 is 5.91 Å². The van der Waals surface area contributed by atoms with E-state index < -0.39 is 6.10 Å². The maximum atomic E-state index is 11.9. The lowest BCUT2D eigenvalue weighted by atomic mass is 10.0. The number of carbonyl (C=O) groups is 1. The quantitative estimate of drug-likeness (QED) is 0.771. The van der Waals surface area contributed by atoms with Crippen molar-refractivity contribution in [3.63, 3.8) is 0 Å². The van der Waals surface area contributed by atoms with E-state index in [1.54, 1.807) is 19.2 Å². The number of nitrogens with one attached hydrogen (secondary N) is 1. The van der Waals surface area contributed by atoms with Gasteiger partial charge < -0.3 is 19.6 Å². The second-order valence-electron chi connectivity index (χ2n) is 5.26. The van der Waals surface area contributed by atoms with E-state index in [1.165, 1.54) is 12.3 Å². The standard InChI is InChI=1S/C18H21NO4/c1-13(10-14-6-3-4-7-16(14)22-2)11-18(21)19-12-15(20)17-8-5-9-23-17/h3-9,11,15,20H,10,12H2,1-2H3,(H,19,21)/b13-11+. The van der Waals surface area contributed by atoms with Crippen LogP contribution in [0.4, 0.5) is 0 Å². The van der Waals surface area contributed by atoms with Crippen LogP contribution < -0.4 is 10.1 Å². The zero-order valence-corrected chi connectivity index (χ0v) is 13.3. The molecule has 2 N–H and O–H groups in total. The zero-order valence-electron chi connectivity index (χ0n) is 13.3. The largest absolute Gasteiger partial charge is 0.496 e. The lowest BCUT2D eigenvalue weighted by molar-refractivity contribution is -0.117. The van der Waals surface area contributed by atoms with E-state index in [-0.39, 0.29) is 12.5 Å². The molecule has 0 fully saturated rings. The van der Waals surface area contributed by atoms with Crippen LogP contribution in [0.25, 0.3) is 0 Å². The van der Waals surface area contributed by atoms with Crippen LogP contribution >= 0.6 is 0 Å². The van der Waals surface area contributed by atoms with Crippen LogP contribution in [-0.2, 0) is 11.2 Å². The third-order valence-electron chi connectivity index (χ3n) is 3.38. The van der Waals surface area contributed by atoms with Gasteiger partial charge in [0.15, 0.2) is 0 Å². The predicted octanol–water partition coefficient (Wildman–Crippen LogP) is 2.63. The van der Waals surface area contributed by atoms with E-state index >= 15 is 0 Å². The molecule has 1 atom stereocenters. The van der Waals surface area contributed by atoms with Gasteiger partial charge in [-0.05, 0) is 37.1 Å². The van der Waals surface area contributed by atoms with E-state index in [0.717, 1.165) is 16.9 Å². The van der Waals surface area contributed by atoms with Gasteiger partial charge >= 0.3 is 0 Å². The van der Waals surface area contributed by atoms with Crippen molar-refractivity contribution in [1.82, 2.24) is 5.32 Å². The predicted molar refractivity (Wildman–Crippen MR) is 87.1 cm³/mol. The van der Waals surface area contributed by atoms with E-state index in [0.29, 0.717) is 12.2 Å². The van der Waals surface area contributed by atoms with Gasteiger partial charge in [-0.1, -0.05) is 23.8 Å². The number of methoxy groups -OCH3 is 1. The normalized spacial score (nSPS) is 12.7. The van der Waals surface area contributed by atoms with E-state index in [4.69, 9.17) is 9.15 Å². The number of furan rings is 1. The zero-order chi connectivity index (χ0) is 16.7. The Balaban J connectivity index is 1.88. The molecule has 122 valence electrons. The van der Waals surface area contributed by atoms with E-state index in [1.807, 2.05) is 31.2 Å². The molecule has 1 aromatic heterocycles. The molecule has 2 rings (SSSR count). The monoisotopic (exact) mass is 315 g/mol. The van der Waals surface area contributed by atoms with Crippen LogP contribution in [0.3, 0.4) is 0 Å². The Kier molecular flexibility index (Phi) is 6.00. The van der Waals surface area contributed by atoms with E-state index in [2.05, 4.69) is 5.32 Å². The smallest absolute Gasteiger partial charge is 0.244 e. The molecule has 0 saturated carbocycles. The highest BCUT2D eigenvalue weighted by atomic mass is 16.5. The first kappa shape index (κ1) is 16.8. The first-order chi connectivity index (χ1) is 11.1. The molecule has 23 heavy (non-hydrogen) atoms. The minimum Gasteiger partial charge on any atom is -0.496 e. The van der Waals surface area contributed by atoms with Crippen molar-refractivity contribution < 1.29 is 19.1 Å². The highest BCUT2D eigenvalue weighted by Crippen LogP contribution is 2.20. The summed E-state index contributed by atoms with van der Waals surface area (Å²) in [5.41, 5.74) is 1.92. The minimum atomic E-state index is -0.850. The first-order valence-electron chi connectivity index (χ1n) is 7.38. The second-order valence-corrected chi connectivity index (χ2v) is 5.26. The van der Waals surface area contributed by atoms with Gasteiger partial charge in [0.1, 0.15) is 17.6 Å². The van der Waals surface area contributed by atoms with Crippen molar-refractivity contribution in [3.8, 4) is 5.75 Å². The van der Waals surface area contributed by atoms with Gasteiger partial charge in [0.05, 0.1) is 19.9 Å². The van der Waals surface area contributed by atoms with Crippen LogP contribution in [-0.4, -0.2) is 24.7 Å². The first-order valence-corrected chi connectivity index (χ1v) is 7.38. The Morgan fingerprint density at radius 3 is 2.83 bits per heavy atom. The molecule has 1 amide bonds. The van der Waals surface area contributed by atoms with Gasteiger partial charge in [-0.25, -0.2) is 0 Å². The van der Waals surface area contributed by atoms with Crippen molar-refractivity contribution in [2.75, 3.05) is 13.7 Å². The third-order valence-corrected chi connectivity index (χ3v) is 3.38. The Morgan fingerprint density at radius 1 is 1.35 bits per heavy atom. The molecule has 0 aliphatic rings. The van der Waals surface area contributed by atoms with Crippen LogP contribution in [0.1, 0.15) is 24.4 Å². The van der Waals surface area contributed by atoms with Crippen molar-refractivity contribution in [1.29, 1.82) is 0 Å². The topological polar surface area (TPSA) is 71.7 Å². The molecule has 0 spiro atoms. The van der Waals surface area contributed by atoms with Crippen LogP contribution in [0.2, 0.25) is 0 Å². The Bertz CT molecular complexity index is 661. The molecule has 5 heteroatoms. The lowest BCUT2D eigenvalue weighted by Gasteiger charge is -2.10. The number of allylic oxidation sites excluding steroid dienone is 1. The number of aliphatic hydroxyl groups is 1. The third kappa shape index (κ3) is 5.00. The van der Waals surface area contributed by atoms with Gasteiger partial charge in [0.25, 0.3) is 0 Å². The molecule has 0 saturated heterocycles. The SMILES string of the molecule is COc1ccccc1C/C(C)=C/C(=O)NCC(O)c1ccco1. The lowest BCUT2D eigenvalue weighted by Crippen LogP contribution is -2.26. The molecular formula is C18H21NO4. The fourth-order valence-corrected chi connectivity index (χ4v) is 2.25. The fourth-order valence-electron chi connectivity index (χ4n) is 2.25. The summed E-state index contributed by atoms with van der Waals surface area (Å²) in [5.74, 6) is 0.983. The van der Waals surface area contributed by atoms with Gasteiger partial charge in [-0.15, -0.1) is 0 Å². The summed E-state index contributed by atoms with van der Waals surface area (Å²) in [6.45, 7) is 1.99. The molecule has 0 aliphatic carbocycles. The summed E-state index contributed by atoms with van der Waals surface area (Å²) in [6, 6.07) is 11.1. The maximum absolute atomic E-state index is 11.9. The number of aliphatic hydroxyl groups excluding tert-OH is 1. The molecule has 1 unspecified atom stereocenters. The minimum absolute atomic E-state index is 0.102. The molecule has 0 bridgehead atoms. The van der Waals surface area contributed by atoms with Gasteiger partial charge in [-0.3, -0.25) is 4.79 Å². The number of ether oxygens (including phenoxy) is 1. The summed E-state index contributed by atoms with van der Waals surface area (Å²) in [6.07, 6.45) is 2.79. The summed E-state index contributed by atoms with van der Waals surface area (Å²) in [7, 11) is 1.63. The number of para-hydroxylation sites is 1. The van der Waals surface area contributed by atoms with Crippen LogP contribution in [0, 0.1) is 0 Å². The molecule has 0 aliphatic heterocycles. The summed E-state index contributed by atoms with van der Waals surface area (Å²) >= 11 is 0. The number of hydrogen-bond acceptors (Lipinski definition) is 4. The maximum Gasteiger partial charge on any atom is 0.244 e. The van der Waals surface area contributed by atoms with Crippen LogP contribution in [0.5, 0.6) is 5.75 Å². The number of amides is 1. The van der Waals surface area contributed by atoms with Gasteiger partial charge in [-0.2, -0.15) is 0 Å². The number of hydrogen-bond donors (Lipinski definition) is 2. The highest BCUT2D eigenvalue weighted by Gasteiger charge is 2.11. The Labute approximate surface area is 135 Å². The van der Waals surface area contributed by atoms with Gasteiger partial charge in [0.2, 0.25) is 5.91 Å². The Hall–Kier alpha value is -2.53. The van der Waals surface area contributed by atoms with Crippen molar-refractivity contribution in [3.05, 3.63) is 65.6 Å². The van der Waals surface area contributed by atoms with Gasteiger partial charge in [0, 0.05) is 6.08 Å².